The van der Waals surface area contributed by atoms with Crippen molar-refractivity contribution in [2.24, 2.45) is 0 Å². The summed E-state index contributed by atoms with van der Waals surface area (Å²) in [5.41, 5.74) is -1.16. The van der Waals surface area contributed by atoms with Gasteiger partial charge in [0.2, 0.25) is 0 Å². The maximum Gasteiger partial charge on any atom is 0.422 e. The molecular weight excluding hydrogens is 518 g/mol. The molecule has 4 aromatic rings. The minimum Gasteiger partial charge on any atom is -0.504 e. The van der Waals surface area contributed by atoms with E-state index in [0.29, 0.717) is 0 Å². The first-order valence-electron chi connectivity index (χ1n) is 10.9. The lowest BCUT2D eigenvalue weighted by Gasteiger charge is -2.08. The van der Waals surface area contributed by atoms with Crippen LogP contribution in [0.5, 0.6) is 17.2 Å². The molecular formula is C26H21NO12. The smallest absolute Gasteiger partial charge is 0.422 e. The van der Waals surface area contributed by atoms with E-state index >= 15 is 0 Å². The predicted molar refractivity (Wildman–Crippen MR) is 133 cm³/mol. The number of fused-ring (bicyclic) bond motifs is 1. The molecule has 0 radical (unpaired) electrons. The van der Waals surface area contributed by atoms with Crippen molar-refractivity contribution in [2.45, 2.75) is 6.54 Å². The number of phenolic OH excluding ortho intramolecular Hbond substituents is 2. The van der Waals surface area contributed by atoms with Crippen molar-refractivity contribution in [3.63, 3.8) is 0 Å². The van der Waals surface area contributed by atoms with E-state index in [9.17, 15) is 39.3 Å². The van der Waals surface area contributed by atoms with E-state index in [1.54, 1.807) is 24.3 Å². The molecule has 0 spiro atoms. The molecule has 4 N–H and O–H groups in total. The third-order valence-electron chi connectivity index (χ3n) is 5.39. The minimum absolute atomic E-state index is 0.00400. The molecule has 0 fully saturated rings. The Labute approximate surface area is 218 Å². The Kier molecular flexibility index (Phi) is 8.35. The fourth-order valence-electron chi connectivity index (χ4n) is 3.42. The van der Waals surface area contributed by atoms with E-state index in [-0.39, 0.29) is 28.6 Å². The van der Waals surface area contributed by atoms with E-state index in [4.69, 9.17) is 9.52 Å². The van der Waals surface area contributed by atoms with Gasteiger partial charge in [-0.2, -0.15) is 0 Å². The number of rotatable bonds is 5. The molecule has 0 saturated heterocycles. The third kappa shape index (κ3) is 5.72. The Hall–Kier alpha value is -5.59. The molecule has 39 heavy (non-hydrogen) atoms. The summed E-state index contributed by atoms with van der Waals surface area (Å²) in [6.45, 7) is 0.0391. The number of phenols is 3. The summed E-state index contributed by atoms with van der Waals surface area (Å²) in [7, 11) is 2.25. The molecule has 13 heteroatoms. The molecule has 13 nitrogen and oxygen atoms in total. The van der Waals surface area contributed by atoms with Gasteiger partial charge in [-0.1, -0.05) is 30.3 Å². The van der Waals surface area contributed by atoms with E-state index < -0.39 is 52.0 Å². The molecule has 0 saturated carbocycles. The first-order valence-corrected chi connectivity index (χ1v) is 10.9. The van der Waals surface area contributed by atoms with Gasteiger partial charge in [0.1, 0.15) is 16.7 Å². The van der Waals surface area contributed by atoms with Crippen LogP contribution in [0.2, 0.25) is 0 Å². The molecule has 0 unspecified atom stereocenters. The number of aromatic hydroxyl groups is 3. The molecule has 1 heterocycles. The van der Waals surface area contributed by atoms with Gasteiger partial charge >= 0.3 is 23.7 Å². The van der Waals surface area contributed by atoms with Crippen molar-refractivity contribution in [3.8, 4) is 17.2 Å². The van der Waals surface area contributed by atoms with Crippen LogP contribution < -0.4 is 11.3 Å². The number of carboxylic acids is 1. The van der Waals surface area contributed by atoms with Gasteiger partial charge in [-0.15, -0.1) is 0 Å². The number of carbonyl (C=O) groups excluding carboxylic acids is 2. The Balaban J connectivity index is 0.000000242. The summed E-state index contributed by atoms with van der Waals surface area (Å²) in [5, 5.41) is 37.3. The Morgan fingerprint density at radius 2 is 1.28 bits per heavy atom. The van der Waals surface area contributed by atoms with E-state index in [1.165, 1.54) is 12.1 Å². The summed E-state index contributed by atoms with van der Waals surface area (Å²) in [6, 6.07) is 13.6. The molecule has 0 aliphatic heterocycles. The topological polar surface area (TPSA) is 203 Å². The largest absolute Gasteiger partial charge is 0.504 e. The average Bonchev–Trinajstić information content (AvgIpc) is 2.93. The van der Waals surface area contributed by atoms with Crippen molar-refractivity contribution in [1.29, 1.82) is 0 Å². The SMILES string of the molecule is COC(=O)c1ccc(C(=O)O)c(O)c1O.COC(=O)c1ccc2c(=O)n(Cc3ccccc3)c(=O)oc2c1O. The van der Waals surface area contributed by atoms with Gasteiger partial charge in [-0.3, -0.25) is 4.79 Å². The summed E-state index contributed by atoms with van der Waals surface area (Å²) in [6.07, 6.45) is 0. The Bertz CT molecular complexity index is 1690. The summed E-state index contributed by atoms with van der Waals surface area (Å²) >= 11 is 0. The number of hydrogen-bond acceptors (Lipinski definition) is 11. The lowest BCUT2D eigenvalue weighted by atomic mass is 10.1. The van der Waals surface area contributed by atoms with E-state index in [0.717, 1.165) is 36.5 Å². The number of carbonyl (C=O) groups is 3. The van der Waals surface area contributed by atoms with Gasteiger partial charge in [0.15, 0.2) is 22.8 Å². The van der Waals surface area contributed by atoms with Gasteiger partial charge in [0.25, 0.3) is 5.56 Å². The van der Waals surface area contributed by atoms with Crippen LogP contribution in [0.3, 0.4) is 0 Å². The van der Waals surface area contributed by atoms with Gasteiger partial charge in [0, 0.05) is 0 Å². The number of hydrogen-bond donors (Lipinski definition) is 4. The van der Waals surface area contributed by atoms with E-state index in [1.807, 2.05) is 6.07 Å². The number of methoxy groups -OCH3 is 2. The number of aromatic nitrogens is 1. The van der Waals surface area contributed by atoms with Gasteiger partial charge in [-0.25, -0.2) is 23.7 Å². The zero-order valence-electron chi connectivity index (χ0n) is 20.4. The second kappa shape index (κ2) is 11.6. The fourth-order valence-corrected chi connectivity index (χ4v) is 3.42. The minimum atomic E-state index is -1.40. The maximum absolute atomic E-state index is 12.5. The predicted octanol–water partition coefficient (Wildman–Crippen LogP) is 2.08. The maximum atomic E-state index is 12.5. The van der Waals surface area contributed by atoms with Crippen molar-refractivity contribution >= 4 is 28.9 Å². The average molecular weight is 539 g/mol. The van der Waals surface area contributed by atoms with Crippen molar-refractivity contribution in [1.82, 2.24) is 4.57 Å². The van der Waals surface area contributed by atoms with Crippen molar-refractivity contribution in [2.75, 3.05) is 14.2 Å². The lowest BCUT2D eigenvalue weighted by Crippen LogP contribution is -2.33. The Morgan fingerprint density at radius 1 is 0.769 bits per heavy atom. The highest BCUT2D eigenvalue weighted by Crippen LogP contribution is 2.33. The summed E-state index contributed by atoms with van der Waals surface area (Å²) < 4.78 is 14.8. The number of ether oxygens (including phenoxy) is 2. The number of nitrogens with zero attached hydrogens (tertiary/aromatic N) is 1. The first-order chi connectivity index (χ1) is 18.5. The number of carboxylic acid groups (broad SMARTS) is 1. The van der Waals surface area contributed by atoms with Crippen LogP contribution >= 0.6 is 0 Å². The number of benzene rings is 3. The van der Waals surface area contributed by atoms with Crippen LogP contribution in [-0.4, -0.2) is 57.1 Å². The molecule has 0 atom stereocenters. The molecule has 0 aliphatic rings. The summed E-state index contributed by atoms with van der Waals surface area (Å²) in [4.78, 5) is 57.8. The van der Waals surface area contributed by atoms with Crippen molar-refractivity contribution in [3.05, 3.63) is 97.8 Å². The number of esters is 2. The zero-order valence-corrected chi connectivity index (χ0v) is 20.4. The highest BCUT2D eigenvalue weighted by Gasteiger charge is 2.21. The Morgan fingerprint density at radius 3 is 1.85 bits per heavy atom. The lowest BCUT2D eigenvalue weighted by molar-refractivity contribution is 0.0587. The van der Waals surface area contributed by atoms with Gasteiger partial charge in [-0.05, 0) is 29.8 Å². The fraction of sp³-hybridized carbons (Fsp3) is 0.115. The van der Waals surface area contributed by atoms with Crippen molar-refractivity contribution < 1.29 is 48.7 Å². The normalized spacial score (nSPS) is 10.3. The number of aromatic carboxylic acids is 1. The quantitative estimate of drug-likeness (QED) is 0.213. The molecule has 4 rings (SSSR count). The molecule has 0 bridgehead atoms. The van der Waals surface area contributed by atoms with Crippen LogP contribution in [-0.2, 0) is 16.0 Å². The molecule has 3 aromatic carbocycles. The third-order valence-corrected chi connectivity index (χ3v) is 5.39. The van der Waals surface area contributed by atoms with Crippen LogP contribution in [0, 0.1) is 0 Å². The zero-order chi connectivity index (χ0) is 28.9. The molecule has 0 aliphatic carbocycles. The monoisotopic (exact) mass is 539 g/mol. The molecule has 202 valence electrons. The molecule has 1 aromatic heterocycles. The highest BCUT2D eigenvalue weighted by atomic mass is 16.5. The molecule has 0 amide bonds. The van der Waals surface area contributed by atoms with Gasteiger partial charge in [0.05, 0.1) is 26.2 Å². The summed E-state index contributed by atoms with van der Waals surface area (Å²) in [5.74, 6) is -6.24. The second-order valence-electron chi connectivity index (χ2n) is 7.73. The highest BCUT2D eigenvalue weighted by molar-refractivity contribution is 5.99. The van der Waals surface area contributed by atoms with E-state index in [2.05, 4.69) is 9.47 Å². The van der Waals surface area contributed by atoms with Crippen LogP contribution in [0.1, 0.15) is 36.6 Å². The first kappa shape index (κ1) is 28.0. The van der Waals surface area contributed by atoms with Crippen LogP contribution in [0.25, 0.3) is 11.0 Å². The standard InChI is InChI=1S/C17H13NO6.C9H8O6/c1-23-16(21)11-7-8-12-14(13(11)19)24-17(22)18(15(12)20)9-10-5-3-2-4-6-10;1-15-9(14)5-3-2-4(8(12)13)6(10)7(5)11/h2-8,19H,9H2,1H3;2-3,10-11H,1H3,(H,12,13). The second-order valence-corrected chi connectivity index (χ2v) is 7.73. The van der Waals surface area contributed by atoms with Crippen LogP contribution in [0.15, 0.2) is 68.6 Å². The van der Waals surface area contributed by atoms with Crippen LogP contribution in [0.4, 0.5) is 0 Å². The van der Waals surface area contributed by atoms with Gasteiger partial charge < -0.3 is 34.3 Å².